The minimum Gasteiger partial charge on any atom is -0.323 e. The molecule has 1 nitrogen and oxygen atoms in total. The Labute approximate surface area is 145 Å². The van der Waals surface area contributed by atoms with Crippen molar-refractivity contribution >= 4 is 0 Å². The minimum absolute atomic E-state index is 0.0368. The van der Waals surface area contributed by atoms with Crippen LogP contribution in [-0.4, -0.2) is 4.57 Å². The van der Waals surface area contributed by atoms with E-state index in [9.17, 15) is 0 Å². The second-order valence-electron chi connectivity index (χ2n) is 8.43. The fourth-order valence-corrected chi connectivity index (χ4v) is 3.95. The van der Waals surface area contributed by atoms with E-state index in [4.69, 9.17) is 0 Å². The van der Waals surface area contributed by atoms with Crippen LogP contribution in [0.15, 0.2) is 60.9 Å². The van der Waals surface area contributed by atoms with Gasteiger partial charge >= 0.3 is 0 Å². The third-order valence-corrected chi connectivity index (χ3v) is 5.43. The molecule has 0 amide bonds. The summed E-state index contributed by atoms with van der Waals surface area (Å²) >= 11 is 0. The smallest absolute Gasteiger partial charge is 0.0530 e. The zero-order valence-electron chi connectivity index (χ0n) is 15.2. The highest BCUT2D eigenvalue weighted by molar-refractivity contribution is 5.86. The van der Waals surface area contributed by atoms with E-state index in [-0.39, 0.29) is 10.8 Å². The van der Waals surface area contributed by atoms with Gasteiger partial charge in [0.05, 0.1) is 5.69 Å². The number of nitrogens with zero attached hydrogens (tertiary/aromatic N) is 1. The van der Waals surface area contributed by atoms with Crippen LogP contribution in [0.5, 0.6) is 0 Å². The molecule has 1 aliphatic carbocycles. The van der Waals surface area contributed by atoms with Crippen molar-refractivity contribution < 1.29 is 0 Å². The second kappa shape index (κ2) is 4.86. The van der Waals surface area contributed by atoms with E-state index in [0.29, 0.717) is 0 Å². The first-order valence-electron chi connectivity index (χ1n) is 8.72. The summed E-state index contributed by atoms with van der Waals surface area (Å²) in [7, 11) is 0. The first kappa shape index (κ1) is 15.3. The van der Waals surface area contributed by atoms with Gasteiger partial charge in [-0.2, -0.15) is 0 Å². The Morgan fingerprint density at radius 1 is 0.833 bits per heavy atom. The molecule has 0 saturated heterocycles. The van der Waals surface area contributed by atoms with E-state index in [1.54, 1.807) is 0 Å². The lowest BCUT2D eigenvalue weighted by atomic mass is 9.79. The van der Waals surface area contributed by atoms with E-state index < -0.39 is 0 Å². The number of aromatic nitrogens is 1. The van der Waals surface area contributed by atoms with Crippen LogP contribution in [0.4, 0.5) is 0 Å². The molecule has 0 fully saturated rings. The fourth-order valence-electron chi connectivity index (χ4n) is 3.95. The Bertz CT molecular complexity index is 906. The van der Waals surface area contributed by atoms with E-state index in [1.165, 1.54) is 33.5 Å². The lowest BCUT2D eigenvalue weighted by molar-refractivity contribution is 0.584. The van der Waals surface area contributed by atoms with Gasteiger partial charge in [-0.3, -0.25) is 0 Å². The van der Waals surface area contributed by atoms with Crippen molar-refractivity contribution in [1.82, 2.24) is 4.57 Å². The monoisotopic (exact) mass is 315 g/mol. The van der Waals surface area contributed by atoms with Gasteiger partial charge in [0.2, 0.25) is 0 Å². The van der Waals surface area contributed by atoms with Gasteiger partial charge in [-0.15, -0.1) is 0 Å². The summed E-state index contributed by atoms with van der Waals surface area (Å²) in [5.41, 5.74) is 8.52. The van der Waals surface area contributed by atoms with Gasteiger partial charge in [-0.05, 0) is 45.9 Å². The highest BCUT2D eigenvalue weighted by atomic mass is 14.9. The molecule has 1 heteroatoms. The summed E-state index contributed by atoms with van der Waals surface area (Å²) in [5.74, 6) is 0. The lowest BCUT2D eigenvalue weighted by Gasteiger charge is -2.25. The maximum absolute atomic E-state index is 2.43. The topological polar surface area (TPSA) is 4.93 Å². The molecular formula is C23H25N. The quantitative estimate of drug-likeness (QED) is 0.513. The van der Waals surface area contributed by atoms with Crippen LogP contribution in [0, 0.1) is 0 Å². The second-order valence-corrected chi connectivity index (χ2v) is 8.43. The zero-order valence-corrected chi connectivity index (χ0v) is 15.2. The number of fused-ring (bicyclic) bond motifs is 3. The van der Waals surface area contributed by atoms with Crippen LogP contribution in [-0.2, 0) is 10.8 Å². The highest BCUT2D eigenvalue weighted by Gasteiger charge is 2.37. The van der Waals surface area contributed by atoms with Gasteiger partial charge in [0.1, 0.15) is 0 Å². The largest absolute Gasteiger partial charge is 0.323 e. The minimum atomic E-state index is 0.0368. The molecule has 4 rings (SSSR count). The molecule has 0 saturated carbocycles. The van der Waals surface area contributed by atoms with E-state index in [1.807, 2.05) is 0 Å². The van der Waals surface area contributed by atoms with Crippen molar-refractivity contribution in [2.45, 2.75) is 45.4 Å². The molecule has 0 atom stereocenters. The van der Waals surface area contributed by atoms with Crippen molar-refractivity contribution in [3.05, 3.63) is 77.6 Å². The third-order valence-electron chi connectivity index (χ3n) is 5.43. The van der Waals surface area contributed by atoms with Crippen LogP contribution < -0.4 is 0 Å². The number of hydrogen-bond donors (Lipinski definition) is 0. The Morgan fingerprint density at radius 3 is 2.21 bits per heavy atom. The molecule has 0 radical (unpaired) electrons. The summed E-state index contributed by atoms with van der Waals surface area (Å²) < 4.78 is 2.22. The number of benzene rings is 2. The number of rotatable bonds is 1. The van der Waals surface area contributed by atoms with E-state index >= 15 is 0 Å². The predicted molar refractivity (Wildman–Crippen MR) is 102 cm³/mol. The molecule has 3 aromatic rings. The molecule has 1 heterocycles. The molecular weight excluding hydrogens is 290 g/mol. The molecule has 122 valence electrons. The third kappa shape index (κ3) is 2.07. The van der Waals surface area contributed by atoms with Gasteiger partial charge in [0.15, 0.2) is 0 Å². The van der Waals surface area contributed by atoms with Crippen molar-refractivity contribution in [2.75, 3.05) is 0 Å². The predicted octanol–water partition coefficient (Wildman–Crippen LogP) is 6.08. The van der Waals surface area contributed by atoms with Crippen molar-refractivity contribution in [3.8, 4) is 16.8 Å². The molecule has 1 aromatic heterocycles. The Morgan fingerprint density at radius 2 is 1.54 bits per heavy atom. The standard InChI is InChI=1S/C23H25N/c1-22(2,3)16-11-12-17-19(15-16)23(4,5)18-9-8-10-20(21(17)18)24-13-6-7-14-24/h6-15H,1-5H3. The maximum atomic E-state index is 2.43. The van der Waals surface area contributed by atoms with Crippen molar-refractivity contribution in [3.63, 3.8) is 0 Å². The van der Waals surface area contributed by atoms with Crippen LogP contribution in [0.1, 0.15) is 51.3 Å². The van der Waals surface area contributed by atoms with Gasteiger partial charge in [0, 0.05) is 23.4 Å². The normalized spacial score (nSPS) is 15.2. The SMILES string of the molecule is CC(C)(C)c1ccc2c(c1)C(C)(C)c1cccc(-n3cccc3)c1-2. The van der Waals surface area contributed by atoms with Crippen LogP contribution in [0.3, 0.4) is 0 Å². The Hall–Kier alpha value is -2.28. The summed E-state index contributed by atoms with van der Waals surface area (Å²) in [5, 5.41) is 0. The fraction of sp³-hybridized carbons (Fsp3) is 0.304. The van der Waals surface area contributed by atoms with Crippen LogP contribution in [0.2, 0.25) is 0 Å². The maximum Gasteiger partial charge on any atom is 0.0530 e. The first-order chi connectivity index (χ1) is 11.3. The molecule has 0 bridgehead atoms. The van der Waals surface area contributed by atoms with Gasteiger partial charge in [-0.1, -0.05) is 65.0 Å². The Kier molecular flexibility index (Phi) is 3.09. The average Bonchev–Trinajstić information content (AvgIpc) is 3.13. The molecule has 2 aromatic carbocycles. The number of hydrogen-bond acceptors (Lipinski definition) is 0. The van der Waals surface area contributed by atoms with E-state index in [0.717, 1.165) is 0 Å². The summed E-state index contributed by atoms with van der Waals surface area (Å²) in [6.07, 6.45) is 4.26. The van der Waals surface area contributed by atoms with Gasteiger partial charge in [0.25, 0.3) is 0 Å². The van der Waals surface area contributed by atoms with Gasteiger partial charge in [-0.25, -0.2) is 0 Å². The van der Waals surface area contributed by atoms with E-state index in [2.05, 4.69) is 100 Å². The summed E-state index contributed by atoms with van der Waals surface area (Å²) in [4.78, 5) is 0. The molecule has 0 unspecified atom stereocenters. The highest BCUT2D eigenvalue weighted by Crippen LogP contribution is 2.51. The van der Waals surface area contributed by atoms with Crippen molar-refractivity contribution in [1.29, 1.82) is 0 Å². The molecule has 0 aliphatic heterocycles. The van der Waals surface area contributed by atoms with Crippen LogP contribution in [0.25, 0.3) is 16.8 Å². The van der Waals surface area contributed by atoms with Crippen molar-refractivity contribution in [2.24, 2.45) is 0 Å². The molecule has 24 heavy (non-hydrogen) atoms. The zero-order chi connectivity index (χ0) is 17.1. The molecule has 0 spiro atoms. The molecule has 1 aliphatic rings. The summed E-state index contributed by atoms with van der Waals surface area (Å²) in [6, 6.07) is 17.9. The summed E-state index contributed by atoms with van der Waals surface area (Å²) in [6.45, 7) is 11.6. The van der Waals surface area contributed by atoms with Crippen LogP contribution >= 0.6 is 0 Å². The lowest BCUT2D eigenvalue weighted by Crippen LogP contribution is -2.17. The van der Waals surface area contributed by atoms with Gasteiger partial charge < -0.3 is 4.57 Å². The first-order valence-corrected chi connectivity index (χ1v) is 8.72. The molecule has 0 N–H and O–H groups in total. The Balaban J connectivity index is 2.02. The average molecular weight is 315 g/mol.